The van der Waals surface area contributed by atoms with E-state index in [0.717, 1.165) is 6.29 Å². The molecule has 2 rings (SSSR count). The van der Waals surface area contributed by atoms with Crippen LogP contribution in [0.25, 0.3) is 11.2 Å². The van der Waals surface area contributed by atoms with Crippen molar-refractivity contribution in [1.82, 2.24) is 0 Å². The maximum atomic E-state index is 10.4. The van der Waals surface area contributed by atoms with Crippen molar-refractivity contribution in [3.8, 4) is 0 Å². The Labute approximate surface area is 72.6 Å². The first-order valence-electron chi connectivity index (χ1n) is 3.28. The van der Waals surface area contributed by atoms with Gasteiger partial charge in [0.2, 0.25) is 0 Å². The Balaban J connectivity index is 2.82. The summed E-state index contributed by atoms with van der Waals surface area (Å²) in [7, 11) is 0. The van der Waals surface area contributed by atoms with Gasteiger partial charge in [-0.05, 0) is 18.2 Å². The van der Waals surface area contributed by atoms with Gasteiger partial charge in [-0.15, -0.1) is 0 Å². The Morgan fingerprint density at radius 3 is 2.75 bits per heavy atom. The fraction of sp³-hybridized carbons (Fsp3) is 0. The molecule has 0 atom stereocenters. The molecule has 4 heteroatoms. The molecule has 0 amide bonds. The van der Waals surface area contributed by atoms with Gasteiger partial charge >= 0.3 is 4.90 Å². The maximum absolute atomic E-state index is 10.4. The zero-order valence-electron chi connectivity index (χ0n) is 5.94. The van der Waals surface area contributed by atoms with E-state index in [1.165, 1.54) is 0 Å². The third-order valence-corrected chi connectivity index (χ3v) is 1.66. The predicted octanol–water partition coefficient (Wildman–Crippen LogP) is 2.57. The van der Waals surface area contributed by atoms with Gasteiger partial charge in [-0.1, -0.05) is 0 Å². The Kier molecular flexibility index (Phi) is 1.55. The van der Waals surface area contributed by atoms with Crippen molar-refractivity contribution >= 4 is 29.7 Å². The van der Waals surface area contributed by atoms with Crippen LogP contribution in [0.1, 0.15) is 10.4 Å². The molecular formula is C8H4O3S. The third kappa shape index (κ3) is 1.06. The molecule has 0 radical (unpaired) electrons. The van der Waals surface area contributed by atoms with Gasteiger partial charge in [-0.25, -0.2) is 0 Å². The molecule has 0 saturated carbocycles. The molecule has 0 saturated heterocycles. The first-order chi connectivity index (χ1) is 5.79. The number of hydrogen-bond donors (Lipinski definition) is 0. The highest BCUT2D eigenvalue weighted by molar-refractivity contribution is 7.71. The van der Waals surface area contributed by atoms with Gasteiger partial charge in [0.15, 0.2) is 11.2 Å². The number of fused-ring (bicyclic) bond motifs is 1. The molecule has 0 bridgehead atoms. The molecule has 2 aromatic rings. The number of benzene rings is 1. The minimum atomic E-state index is 0.0769. The summed E-state index contributed by atoms with van der Waals surface area (Å²) >= 11 is 4.67. The summed E-state index contributed by atoms with van der Waals surface area (Å²) in [6.45, 7) is 0. The van der Waals surface area contributed by atoms with Crippen LogP contribution in [0.4, 0.5) is 0 Å². The number of carbonyl (C=O) groups excluding carboxylic acids is 1. The first-order valence-corrected chi connectivity index (χ1v) is 3.69. The lowest BCUT2D eigenvalue weighted by molar-refractivity contribution is 0.112. The molecule has 0 aliphatic carbocycles. The average Bonchev–Trinajstić information content (AvgIpc) is 2.43. The van der Waals surface area contributed by atoms with Crippen molar-refractivity contribution in [3.05, 3.63) is 28.7 Å². The zero-order valence-corrected chi connectivity index (χ0v) is 6.76. The van der Waals surface area contributed by atoms with Crippen LogP contribution in [-0.4, -0.2) is 6.29 Å². The standard InChI is InChI=1S/C8H4O3S/c9-4-5-1-2-6-7(3-5)11-8(12)10-6/h1-4H. The van der Waals surface area contributed by atoms with E-state index in [4.69, 9.17) is 8.83 Å². The summed E-state index contributed by atoms with van der Waals surface area (Å²) in [5.41, 5.74) is 1.61. The van der Waals surface area contributed by atoms with Crippen molar-refractivity contribution in [2.75, 3.05) is 0 Å². The summed E-state index contributed by atoms with van der Waals surface area (Å²) in [6, 6.07) is 4.88. The Hall–Kier alpha value is -1.42. The van der Waals surface area contributed by atoms with E-state index in [1.807, 2.05) is 0 Å². The number of rotatable bonds is 1. The van der Waals surface area contributed by atoms with E-state index in [-0.39, 0.29) is 4.90 Å². The molecule has 12 heavy (non-hydrogen) atoms. The number of carbonyl (C=O) groups is 1. The molecule has 60 valence electrons. The summed E-state index contributed by atoms with van der Waals surface area (Å²) < 4.78 is 10.00. The molecule has 1 heterocycles. The molecule has 0 aliphatic rings. The van der Waals surface area contributed by atoms with Crippen LogP contribution in [-0.2, 0) is 0 Å². The highest BCUT2D eigenvalue weighted by Crippen LogP contribution is 2.17. The Bertz CT molecular complexity index is 480. The summed E-state index contributed by atoms with van der Waals surface area (Å²) in [4.78, 5) is 10.4. The topological polar surface area (TPSA) is 43.4 Å². The Morgan fingerprint density at radius 2 is 2.00 bits per heavy atom. The van der Waals surface area contributed by atoms with Crippen molar-refractivity contribution in [3.63, 3.8) is 0 Å². The SMILES string of the molecule is O=Cc1ccc2oc(=S)oc2c1. The van der Waals surface area contributed by atoms with Gasteiger partial charge in [0.25, 0.3) is 0 Å². The summed E-state index contributed by atoms with van der Waals surface area (Å²) in [5.74, 6) is 0. The highest BCUT2D eigenvalue weighted by Gasteiger charge is 2.01. The maximum Gasteiger partial charge on any atom is 0.363 e. The van der Waals surface area contributed by atoms with Gasteiger partial charge in [0.1, 0.15) is 6.29 Å². The smallest absolute Gasteiger partial charge is 0.363 e. The lowest BCUT2D eigenvalue weighted by Crippen LogP contribution is -1.75. The van der Waals surface area contributed by atoms with E-state index in [0.29, 0.717) is 16.7 Å². The highest BCUT2D eigenvalue weighted by atomic mass is 32.1. The van der Waals surface area contributed by atoms with Crippen LogP contribution in [0, 0.1) is 4.90 Å². The normalized spacial score (nSPS) is 10.3. The molecule has 1 aromatic carbocycles. The predicted molar refractivity (Wildman–Crippen MR) is 44.7 cm³/mol. The van der Waals surface area contributed by atoms with Crippen LogP contribution in [0.15, 0.2) is 27.0 Å². The number of hydrogen-bond acceptors (Lipinski definition) is 4. The lowest BCUT2D eigenvalue weighted by atomic mass is 10.2. The lowest BCUT2D eigenvalue weighted by Gasteiger charge is -1.86. The average molecular weight is 180 g/mol. The van der Waals surface area contributed by atoms with E-state index < -0.39 is 0 Å². The fourth-order valence-electron chi connectivity index (χ4n) is 0.962. The molecule has 1 aromatic heterocycles. The van der Waals surface area contributed by atoms with Gasteiger partial charge in [-0.3, -0.25) is 4.79 Å². The van der Waals surface area contributed by atoms with E-state index in [1.54, 1.807) is 18.2 Å². The second kappa shape index (κ2) is 2.57. The van der Waals surface area contributed by atoms with Crippen LogP contribution in [0.2, 0.25) is 0 Å². The van der Waals surface area contributed by atoms with E-state index >= 15 is 0 Å². The van der Waals surface area contributed by atoms with Gasteiger partial charge < -0.3 is 8.83 Å². The van der Waals surface area contributed by atoms with Crippen molar-refractivity contribution < 1.29 is 13.6 Å². The molecule has 0 unspecified atom stereocenters. The zero-order chi connectivity index (χ0) is 8.55. The molecule has 0 aliphatic heterocycles. The first kappa shape index (κ1) is 7.24. The van der Waals surface area contributed by atoms with Crippen molar-refractivity contribution in [2.45, 2.75) is 0 Å². The summed E-state index contributed by atoms with van der Waals surface area (Å²) in [5, 5.41) is 0. The molecule has 0 spiro atoms. The van der Waals surface area contributed by atoms with E-state index in [2.05, 4.69) is 12.2 Å². The molecular weight excluding hydrogens is 176 g/mol. The van der Waals surface area contributed by atoms with Crippen molar-refractivity contribution in [1.29, 1.82) is 0 Å². The monoisotopic (exact) mass is 180 g/mol. The van der Waals surface area contributed by atoms with E-state index in [9.17, 15) is 4.79 Å². The van der Waals surface area contributed by atoms with Gasteiger partial charge in [0, 0.05) is 17.8 Å². The summed E-state index contributed by atoms with van der Waals surface area (Å²) in [6.07, 6.45) is 0.741. The molecule has 3 nitrogen and oxygen atoms in total. The quantitative estimate of drug-likeness (QED) is 0.499. The van der Waals surface area contributed by atoms with Crippen LogP contribution in [0.5, 0.6) is 0 Å². The molecule has 0 fully saturated rings. The van der Waals surface area contributed by atoms with Gasteiger partial charge in [-0.2, -0.15) is 0 Å². The third-order valence-electron chi connectivity index (χ3n) is 1.49. The molecule has 0 N–H and O–H groups in total. The van der Waals surface area contributed by atoms with Crippen molar-refractivity contribution in [2.24, 2.45) is 0 Å². The van der Waals surface area contributed by atoms with Crippen LogP contribution < -0.4 is 0 Å². The Morgan fingerprint density at radius 1 is 1.25 bits per heavy atom. The number of aldehydes is 1. The minimum Gasteiger partial charge on any atom is -0.413 e. The van der Waals surface area contributed by atoms with Crippen LogP contribution >= 0.6 is 12.2 Å². The largest absolute Gasteiger partial charge is 0.413 e. The van der Waals surface area contributed by atoms with Gasteiger partial charge in [0.05, 0.1) is 0 Å². The fourth-order valence-corrected chi connectivity index (χ4v) is 1.14. The second-order valence-corrected chi connectivity index (χ2v) is 2.61. The van der Waals surface area contributed by atoms with Crippen LogP contribution in [0.3, 0.4) is 0 Å². The minimum absolute atomic E-state index is 0.0769. The second-order valence-electron chi connectivity index (χ2n) is 2.28.